The van der Waals surface area contributed by atoms with Gasteiger partial charge in [0.25, 0.3) is 0 Å². The van der Waals surface area contributed by atoms with Gasteiger partial charge in [-0.25, -0.2) is 0 Å². The smallest absolute Gasteiger partial charge is 0.446 e. The van der Waals surface area contributed by atoms with Crippen LogP contribution in [0.4, 0.5) is 13.2 Å². The van der Waals surface area contributed by atoms with Crippen LogP contribution >= 0.6 is 27.7 Å². The first-order valence-electron chi connectivity index (χ1n) is 4.43. The summed E-state index contributed by atoms with van der Waals surface area (Å²) in [4.78, 5) is 10.3. The number of benzene rings is 1. The van der Waals surface area contributed by atoms with E-state index in [1.165, 1.54) is 12.1 Å². The average Bonchev–Trinajstić information content (AvgIpc) is 2.20. The zero-order chi connectivity index (χ0) is 13.9. The largest absolute Gasteiger partial charge is 0.481 e. The third kappa shape index (κ3) is 3.92. The van der Waals surface area contributed by atoms with Gasteiger partial charge >= 0.3 is 11.5 Å². The molecular formula is C10H5BrF3NO2S. The summed E-state index contributed by atoms with van der Waals surface area (Å²) in [5, 5.41) is 17.5. The lowest BCUT2D eigenvalue weighted by atomic mass is 10.1. The van der Waals surface area contributed by atoms with Gasteiger partial charge in [-0.1, -0.05) is 6.07 Å². The summed E-state index contributed by atoms with van der Waals surface area (Å²) in [6, 6.07) is 4.23. The van der Waals surface area contributed by atoms with Crippen molar-refractivity contribution in [3.8, 4) is 6.07 Å². The number of halogens is 4. The van der Waals surface area contributed by atoms with Gasteiger partial charge in [0.15, 0.2) is 0 Å². The van der Waals surface area contributed by atoms with Crippen molar-refractivity contribution in [3.63, 3.8) is 0 Å². The van der Waals surface area contributed by atoms with Crippen LogP contribution in [-0.4, -0.2) is 16.6 Å². The van der Waals surface area contributed by atoms with Crippen LogP contribution in [0.15, 0.2) is 21.5 Å². The third-order valence-electron chi connectivity index (χ3n) is 1.87. The number of hydrogen-bond acceptors (Lipinski definition) is 3. The van der Waals surface area contributed by atoms with Crippen molar-refractivity contribution in [3.05, 3.63) is 27.7 Å². The Labute approximate surface area is 113 Å². The van der Waals surface area contributed by atoms with Crippen LogP contribution in [0.25, 0.3) is 0 Å². The molecule has 0 bridgehead atoms. The topological polar surface area (TPSA) is 61.1 Å². The van der Waals surface area contributed by atoms with Crippen LogP contribution in [0.3, 0.4) is 0 Å². The molecule has 0 aromatic heterocycles. The summed E-state index contributed by atoms with van der Waals surface area (Å²) in [5.74, 6) is -1.21. The maximum absolute atomic E-state index is 12.3. The van der Waals surface area contributed by atoms with Gasteiger partial charge in [-0.15, -0.1) is 0 Å². The zero-order valence-electron chi connectivity index (χ0n) is 8.58. The lowest BCUT2D eigenvalue weighted by Crippen LogP contribution is -2.06. The number of alkyl halides is 3. The van der Waals surface area contributed by atoms with Crippen LogP contribution in [0.1, 0.15) is 11.1 Å². The fourth-order valence-electron chi connectivity index (χ4n) is 1.25. The number of nitriles is 1. The first kappa shape index (κ1) is 14.9. The molecule has 1 rings (SSSR count). The first-order valence-corrected chi connectivity index (χ1v) is 6.04. The normalized spacial score (nSPS) is 11.1. The van der Waals surface area contributed by atoms with Gasteiger partial charge in [0.05, 0.1) is 12.0 Å². The van der Waals surface area contributed by atoms with Crippen LogP contribution in [0.5, 0.6) is 0 Å². The van der Waals surface area contributed by atoms with Crippen molar-refractivity contribution in [2.24, 2.45) is 0 Å². The van der Waals surface area contributed by atoms with Crippen LogP contribution < -0.4 is 0 Å². The van der Waals surface area contributed by atoms with E-state index in [0.29, 0.717) is 0 Å². The van der Waals surface area contributed by atoms with E-state index >= 15 is 0 Å². The highest BCUT2D eigenvalue weighted by Gasteiger charge is 2.32. The summed E-state index contributed by atoms with van der Waals surface area (Å²) < 4.78 is 37.2. The molecule has 0 unspecified atom stereocenters. The molecule has 0 amide bonds. The Morgan fingerprint density at radius 3 is 2.56 bits per heavy atom. The number of carboxylic acid groups (broad SMARTS) is 1. The molecule has 1 aromatic rings. The van der Waals surface area contributed by atoms with Gasteiger partial charge in [-0.2, -0.15) is 18.4 Å². The Morgan fingerprint density at radius 1 is 1.50 bits per heavy atom. The molecule has 0 aliphatic heterocycles. The number of rotatable bonds is 3. The Kier molecular flexibility index (Phi) is 4.65. The Morgan fingerprint density at radius 2 is 2.11 bits per heavy atom. The quantitative estimate of drug-likeness (QED) is 0.855. The summed E-state index contributed by atoms with van der Waals surface area (Å²) >= 11 is 2.48. The van der Waals surface area contributed by atoms with E-state index < -0.39 is 29.7 Å². The Bertz CT molecular complexity index is 525. The molecule has 0 radical (unpaired) electrons. The minimum atomic E-state index is -4.55. The number of carbonyl (C=O) groups is 1. The second-order valence-electron chi connectivity index (χ2n) is 3.14. The Balaban J connectivity index is 3.31. The molecule has 0 aliphatic carbocycles. The molecule has 0 saturated carbocycles. The molecule has 0 aliphatic rings. The van der Waals surface area contributed by atoms with E-state index in [9.17, 15) is 18.0 Å². The molecule has 8 heteroatoms. The minimum Gasteiger partial charge on any atom is -0.481 e. The van der Waals surface area contributed by atoms with Crippen molar-refractivity contribution in [2.75, 3.05) is 0 Å². The molecule has 0 saturated heterocycles. The Hall–Kier alpha value is -1.20. The monoisotopic (exact) mass is 339 g/mol. The predicted molar refractivity (Wildman–Crippen MR) is 62.1 cm³/mol. The van der Waals surface area contributed by atoms with Gasteiger partial charge < -0.3 is 5.11 Å². The molecule has 0 atom stereocenters. The molecule has 0 spiro atoms. The highest BCUT2D eigenvalue weighted by molar-refractivity contribution is 9.10. The number of hydrogen-bond donors (Lipinski definition) is 1. The SMILES string of the molecule is N#Cc1c(CC(=O)O)ccc(Br)c1SC(F)(F)F. The first-order chi connectivity index (χ1) is 8.24. The van der Waals surface area contributed by atoms with E-state index in [4.69, 9.17) is 10.4 Å². The lowest BCUT2D eigenvalue weighted by Gasteiger charge is -2.11. The van der Waals surface area contributed by atoms with Crippen molar-refractivity contribution < 1.29 is 23.1 Å². The maximum atomic E-state index is 12.3. The van der Waals surface area contributed by atoms with E-state index in [-0.39, 0.29) is 20.5 Å². The molecule has 1 N–H and O–H groups in total. The summed E-state index contributed by atoms with van der Waals surface area (Å²) in [7, 11) is 0. The van der Waals surface area contributed by atoms with E-state index in [1.807, 2.05) is 0 Å². The van der Waals surface area contributed by atoms with Crippen LogP contribution in [0, 0.1) is 11.3 Å². The van der Waals surface area contributed by atoms with Gasteiger partial charge in [-0.05, 0) is 39.3 Å². The van der Waals surface area contributed by atoms with Crippen LogP contribution in [-0.2, 0) is 11.2 Å². The molecule has 96 valence electrons. The molecule has 0 heterocycles. The third-order valence-corrected chi connectivity index (χ3v) is 3.65. The molecular weight excluding hydrogens is 335 g/mol. The van der Waals surface area contributed by atoms with Crippen molar-refractivity contribution in [2.45, 2.75) is 16.8 Å². The predicted octanol–water partition coefficient (Wildman–Crippen LogP) is 3.56. The highest BCUT2D eigenvalue weighted by atomic mass is 79.9. The molecule has 3 nitrogen and oxygen atoms in total. The van der Waals surface area contributed by atoms with Gasteiger partial charge in [-0.3, -0.25) is 4.79 Å². The van der Waals surface area contributed by atoms with Gasteiger partial charge in [0.2, 0.25) is 0 Å². The summed E-state index contributed by atoms with van der Waals surface area (Å²) in [5.41, 5.74) is -4.76. The van der Waals surface area contributed by atoms with Crippen molar-refractivity contribution in [1.29, 1.82) is 5.26 Å². The van der Waals surface area contributed by atoms with Gasteiger partial charge in [0, 0.05) is 9.37 Å². The number of carboxylic acids is 1. The summed E-state index contributed by atoms with van der Waals surface area (Å²) in [6.45, 7) is 0. The van der Waals surface area contributed by atoms with Gasteiger partial charge in [0.1, 0.15) is 6.07 Å². The highest BCUT2D eigenvalue weighted by Crippen LogP contribution is 2.42. The number of nitrogens with zero attached hydrogens (tertiary/aromatic N) is 1. The molecule has 0 fully saturated rings. The fraction of sp³-hybridized carbons (Fsp3) is 0.200. The second-order valence-corrected chi connectivity index (χ2v) is 5.07. The van der Waals surface area contributed by atoms with Crippen LogP contribution in [0.2, 0.25) is 0 Å². The van der Waals surface area contributed by atoms with E-state index in [2.05, 4.69) is 15.9 Å². The standard InChI is InChI=1S/C10H5BrF3NO2S/c11-7-2-1-5(3-8(16)17)6(4-15)9(7)18-10(12,13)14/h1-2H,3H2,(H,16,17). The number of thioether (sulfide) groups is 1. The average molecular weight is 340 g/mol. The van der Waals surface area contributed by atoms with Crippen molar-refractivity contribution >= 4 is 33.7 Å². The zero-order valence-corrected chi connectivity index (χ0v) is 11.0. The molecule has 18 heavy (non-hydrogen) atoms. The number of aliphatic carboxylic acids is 1. The lowest BCUT2D eigenvalue weighted by molar-refractivity contribution is -0.136. The maximum Gasteiger partial charge on any atom is 0.446 e. The van der Waals surface area contributed by atoms with E-state index in [0.717, 1.165) is 0 Å². The minimum absolute atomic E-state index is 0.0555. The fourth-order valence-corrected chi connectivity index (χ4v) is 2.50. The van der Waals surface area contributed by atoms with E-state index in [1.54, 1.807) is 6.07 Å². The summed E-state index contributed by atoms with van der Waals surface area (Å²) in [6.07, 6.45) is -0.498. The second kappa shape index (κ2) is 5.63. The van der Waals surface area contributed by atoms with Crippen molar-refractivity contribution in [1.82, 2.24) is 0 Å². The molecule has 1 aromatic carbocycles.